The Morgan fingerprint density at radius 3 is 2.51 bits per heavy atom. The lowest BCUT2D eigenvalue weighted by Gasteiger charge is -2.49. The van der Waals surface area contributed by atoms with E-state index in [2.05, 4.69) is 71.0 Å². The fourth-order valence-corrected chi connectivity index (χ4v) is 7.81. The molecule has 0 aromatic carbocycles. The molecule has 0 aromatic rings. The molecule has 10 nitrogen and oxygen atoms in total. The zero-order valence-electron chi connectivity index (χ0n) is 28.2. The summed E-state index contributed by atoms with van der Waals surface area (Å²) in [5, 5.41) is 30.6. The van der Waals surface area contributed by atoms with E-state index in [-0.39, 0.29) is 35.6 Å². The number of aliphatic hydroxyl groups excluding tert-OH is 1. The Morgan fingerprint density at radius 2 is 1.86 bits per heavy atom. The summed E-state index contributed by atoms with van der Waals surface area (Å²) in [4.78, 5) is 18.2. The number of carbonyl (C=O) groups is 1. The highest BCUT2D eigenvalue weighted by Crippen LogP contribution is 2.30. The van der Waals surface area contributed by atoms with Gasteiger partial charge in [-0.25, -0.2) is 0 Å². The van der Waals surface area contributed by atoms with E-state index in [1.165, 1.54) is 19.3 Å². The first-order valence-electron chi connectivity index (χ1n) is 17.5. The maximum Gasteiger partial charge on any atom is 0.227 e. The Balaban J connectivity index is 1.39. The number of nitrogens with zero attached hydrogens (tertiary/aromatic N) is 2. The molecule has 4 aliphatic heterocycles. The molecule has 0 bridgehead atoms. The van der Waals surface area contributed by atoms with Gasteiger partial charge in [0.1, 0.15) is 6.23 Å². The van der Waals surface area contributed by atoms with Crippen LogP contribution in [0.1, 0.15) is 79.6 Å². The second-order valence-corrected chi connectivity index (χ2v) is 15.3. The van der Waals surface area contributed by atoms with Crippen molar-refractivity contribution in [3.63, 3.8) is 0 Å². The number of ether oxygens (including phenoxy) is 1. The maximum absolute atomic E-state index is 13.8. The Bertz CT molecular complexity index is 826. The van der Waals surface area contributed by atoms with Crippen molar-refractivity contribution in [3.05, 3.63) is 0 Å². The first-order valence-corrected chi connectivity index (χ1v) is 17.5. The standard InChI is InChI=1S/C33H65N7O3/c1-23(2)22-40(31(42)27-21-37-32(33(3,4)5)38-29(27)36-14-9-17-43-6)26-18-25(19-34-20-26)30(41)39-15-11-24(12-16-39)28-10-7-8-13-35-28/h23-29,31-32,34-38,42H,7-22H2,1-6H3/t25-,26+,27?,28?,29?,31?,32?/m1/s1. The molecule has 250 valence electrons. The molecular formula is C33H65N7O3. The van der Waals surface area contributed by atoms with Crippen molar-refractivity contribution in [2.45, 2.75) is 110 Å². The van der Waals surface area contributed by atoms with Crippen molar-refractivity contribution in [1.82, 2.24) is 36.4 Å². The number of methoxy groups -OCH3 is 1. The van der Waals surface area contributed by atoms with E-state index in [1.54, 1.807) is 7.11 Å². The van der Waals surface area contributed by atoms with Gasteiger partial charge in [-0.15, -0.1) is 0 Å². The highest BCUT2D eigenvalue weighted by atomic mass is 16.5. The van der Waals surface area contributed by atoms with Crippen LogP contribution in [0.2, 0.25) is 0 Å². The molecule has 4 rings (SSSR count). The van der Waals surface area contributed by atoms with E-state index in [0.717, 1.165) is 78.0 Å². The Morgan fingerprint density at radius 1 is 1.09 bits per heavy atom. The minimum absolute atomic E-state index is 0.0269. The first-order chi connectivity index (χ1) is 20.6. The molecule has 4 aliphatic rings. The Hall–Kier alpha value is -0.850. The van der Waals surface area contributed by atoms with Crippen LogP contribution in [-0.4, -0.2) is 118 Å². The Kier molecular flexibility index (Phi) is 13.5. The zero-order valence-corrected chi connectivity index (χ0v) is 28.2. The monoisotopic (exact) mass is 608 g/mol. The van der Waals surface area contributed by atoms with Gasteiger partial charge in [-0.3, -0.25) is 15.0 Å². The molecular weight excluding hydrogens is 542 g/mol. The molecule has 5 unspecified atom stereocenters. The number of rotatable bonds is 12. The van der Waals surface area contributed by atoms with Crippen LogP contribution >= 0.6 is 0 Å². The summed E-state index contributed by atoms with van der Waals surface area (Å²) in [6.45, 7) is 18.6. The summed E-state index contributed by atoms with van der Waals surface area (Å²) in [6, 6.07) is 0.747. The number of carbonyl (C=O) groups excluding carboxylic acids is 1. The Labute approximate surface area is 262 Å². The zero-order chi connectivity index (χ0) is 31.0. The van der Waals surface area contributed by atoms with Crippen molar-refractivity contribution in [2.24, 2.45) is 29.1 Å². The number of hydrogen-bond donors (Lipinski definition) is 6. The van der Waals surface area contributed by atoms with E-state index in [9.17, 15) is 9.90 Å². The van der Waals surface area contributed by atoms with Crippen molar-refractivity contribution >= 4 is 5.91 Å². The van der Waals surface area contributed by atoms with E-state index in [1.807, 2.05) is 0 Å². The number of nitrogens with one attached hydrogen (secondary N) is 5. The second-order valence-electron chi connectivity index (χ2n) is 15.3. The fraction of sp³-hybridized carbons (Fsp3) is 0.970. The molecule has 4 saturated heterocycles. The van der Waals surface area contributed by atoms with Gasteiger partial charge in [-0.1, -0.05) is 41.0 Å². The lowest BCUT2D eigenvalue weighted by atomic mass is 9.84. The van der Waals surface area contributed by atoms with Crippen molar-refractivity contribution in [2.75, 3.05) is 66.1 Å². The normalized spacial score (nSPS) is 32.3. The molecule has 0 aromatic heterocycles. The number of likely N-dealkylation sites (tertiary alicyclic amines) is 1. The van der Waals surface area contributed by atoms with Crippen LogP contribution in [0, 0.1) is 29.1 Å². The van der Waals surface area contributed by atoms with Gasteiger partial charge in [0.25, 0.3) is 0 Å². The van der Waals surface area contributed by atoms with Gasteiger partial charge in [-0.05, 0) is 68.9 Å². The van der Waals surface area contributed by atoms with Crippen molar-refractivity contribution < 1.29 is 14.6 Å². The highest BCUT2D eigenvalue weighted by molar-refractivity contribution is 5.79. The predicted octanol–water partition coefficient (Wildman–Crippen LogP) is 1.76. The number of aliphatic hydroxyl groups is 1. The topological polar surface area (TPSA) is 113 Å². The molecule has 7 atom stereocenters. The van der Waals surface area contributed by atoms with Gasteiger partial charge in [0.2, 0.25) is 5.91 Å². The maximum atomic E-state index is 13.8. The quantitative estimate of drug-likeness (QED) is 0.146. The SMILES string of the molecule is COCCCNC1NC(C(C)(C)C)NCC1C(O)N(CC(C)C)[C@@H]1CNC[C@H](C(=O)N2CCC(C3CCCCN3)CC2)C1. The molecule has 10 heteroatoms. The summed E-state index contributed by atoms with van der Waals surface area (Å²) in [5.41, 5.74) is 0.0439. The van der Waals surface area contributed by atoms with Crippen LogP contribution in [0.4, 0.5) is 0 Å². The summed E-state index contributed by atoms with van der Waals surface area (Å²) >= 11 is 0. The lowest BCUT2D eigenvalue weighted by Crippen LogP contribution is -2.71. The van der Waals surface area contributed by atoms with Gasteiger partial charge in [-0.2, -0.15) is 0 Å². The molecule has 0 radical (unpaired) electrons. The average Bonchev–Trinajstić information content (AvgIpc) is 3.01. The second kappa shape index (κ2) is 16.6. The molecule has 43 heavy (non-hydrogen) atoms. The fourth-order valence-electron chi connectivity index (χ4n) is 7.81. The molecule has 1 amide bonds. The van der Waals surface area contributed by atoms with Crippen molar-refractivity contribution in [1.29, 1.82) is 0 Å². The van der Waals surface area contributed by atoms with Crippen LogP contribution in [0.3, 0.4) is 0 Å². The summed E-state index contributed by atoms with van der Waals surface area (Å²) < 4.78 is 5.28. The summed E-state index contributed by atoms with van der Waals surface area (Å²) in [7, 11) is 1.74. The number of hydrogen-bond acceptors (Lipinski definition) is 9. The average molecular weight is 608 g/mol. The number of piperidine rings is 3. The van der Waals surface area contributed by atoms with E-state index in [0.29, 0.717) is 30.4 Å². The third kappa shape index (κ3) is 9.82. The third-order valence-corrected chi connectivity index (χ3v) is 10.3. The predicted molar refractivity (Wildman–Crippen MR) is 173 cm³/mol. The number of amides is 1. The van der Waals surface area contributed by atoms with Gasteiger partial charge in [0.05, 0.1) is 18.2 Å². The van der Waals surface area contributed by atoms with E-state index >= 15 is 0 Å². The van der Waals surface area contributed by atoms with Crippen LogP contribution in [-0.2, 0) is 9.53 Å². The molecule has 4 fully saturated rings. The first kappa shape index (κ1) is 35.0. The van der Waals surface area contributed by atoms with Gasteiger partial charge >= 0.3 is 0 Å². The minimum Gasteiger partial charge on any atom is -0.385 e. The smallest absolute Gasteiger partial charge is 0.227 e. The minimum atomic E-state index is -0.636. The summed E-state index contributed by atoms with van der Waals surface area (Å²) in [5.74, 6) is 1.32. The third-order valence-electron chi connectivity index (χ3n) is 10.3. The van der Waals surface area contributed by atoms with Crippen LogP contribution in [0.15, 0.2) is 0 Å². The largest absolute Gasteiger partial charge is 0.385 e. The van der Waals surface area contributed by atoms with Crippen LogP contribution in [0.5, 0.6) is 0 Å². The van der Waals surface area contributed by atoms with Crippen LogP contribution in [0.25, 0.3) is 0 Å². The summed E-state index contributed by atoms with van der Waals surface area (Å²) in [6.07, 6.45) is 7.34. The van der Waals surface area contributed by atoms with Gasteiger partial charge in [0.15, 0.2) is 0 Å². The molecule has 0 saturated carbocycles. The lowest BCUT2D eigenvalue weighted by molar-refractivity contribution is -0.140. The molecule has 6 N–H and O–H groups in total. The molecule has 0 spiro atoms. The molecule has 0 aliphatic carbocycles. The van der Waals surface area contributed by atoms with Crippen molar-refractivity contribution in [3.8, 4) is 0 Å². The van der Waals surface area contributed by atoms with E-state index < -0.39 is 6.23 Å². The highest BCUT2D eigenvalue weighted by Gasteiger charge is 2.43. The van der Waals surface area contributed by atoms with Gasteiger partial charge < -0.3 is 36.0 Å². The van der Waals surface area contributed by atoms with Gasteiger partial charge in [0, 0.05) is 71.0 Å². The molecule has 4 heterocycles. The van der Waals surface area contributed by atoms with Crippen LogP contribution < -0.4 is 26.6 Å². The van der Waals surface area contributed by atoms with E-state index in [4.69, 9.17) is 4.74 Å².